The minimum atomic E-state index is -0.241. The highest BCUT2D eigenvalue weighted by Gasteiger charge is 2.08. The van der Waals surface area contributed by atoms with Crippen molar-refractivity contribution in [2.24, 2.45) is 0 Å². The van der Waals surface area contributed by atoms with Crippen molar-refractivity contribution in [1.29, 1.82) is 0 Å². The lowest BCUT2D eigenvalue weighted by molar-refractivity contribution is 0.429. The minimum absolute atomic E-state index is 0.241. The van der Waals surface area contributed by atoms with E-state index in [4.69, 9.17) is 9.84 Å². The highest BCUT2D eigenvalue weighted by Crippen LogP contribution is 2.23. The van der Waals surface area contributed by atoms with Gasteiger partial charge in [-0.1, -0.05) is 18.2 Å². The fraction of sp³-hybridized carbons (Fsp3) is 0. The summed E-state index contributed by atoms with van der Waals surface area (Å²) in [5.41, 5.74) is 1.02. The Labute approximate surface area is 115 Å². The molecule has 0 atom stereocenters. The molecular formula is C15H12N2O3. The van der Waals surface area contributed by atoms with Crippen LogP contribution >= 0.6 is 0 Å². The van der Waals surface area contributed by atoms with Gasteiger partial charge in [-0.05, 0) is 18.2 Å². The fourth-order valence-corrected chi connectivity index (χ4v) is 1.91. The first-order valence-corrected chi connectivity index (χ1v) is 6.01. The number of imidazole rings is 1. The van der Waals surface area contributed by atoms with E-state index < -0.39 is 0 Å². The number of aromatic nitrogens is 2. The smallest absolute Gasteiger partial charge is 0.176 e. The quantitative estimate of drug-likeness (QED) is 0.713. The lowest BCUT2D eigenvalue weighted by Crippen LogP contribution is -1.92. The Morgan fingerprint density at radius 3 is 2.70 bits per heavy atom. The van der Waals surface area contributed by atoms with Crippen LogP contribution in [0.3, 0.4) is 0 Å². The molecule has 0 amide bonds. The summed E-state index contributed by atoms with van der Waals surface area (Å²) >= 11 is 0. The Morgan fingerprint density at radius 1 is 1.15 bits per heavy atom. The Morgan fingerprint density at radius 2 is 1.95 bits per heavy atom. The number of ether oxygens (including phenoxy) is 1. The fourth-order valence-electron chi connectivity index (χ4n) is 1.91. The zero-order chi connectivity index (χ0) is 13.9. The molecule has 1 aromatic carbocycles. The van der Waals surface area contributed by atoms with Gasteiger partial charge in [0.2, 0.25) is 0 Å². The molecule has 0 saturated heterocycles. The Bertz CT molecular complexity index is 763. The van der Waals surface area contributed by atoms with Crippen LogP contribution in [0.5, 0.6) is 11.5 Å². The number of benzene rings is 1. The first-order valence-electron chi connectivity index (χ1n) is 6.01. The van der Waals surface area contributed by atoms with Crippen molar-refractivity contribution in [2.45, 2.75) is 0 Å². The summed E-state index contributed by atoms with van der Waals surface area (Å²) in [6, 6.07) is 12.9. The number of nitrogens with zero attached hydrogens (tertiary/aromatic N) is 2. The first-order chi connectivity index (χ1) is 9.78. The zero-order valence-electron chi connectivity index (χ0n) is 10.5. The normalized spacial score (nSPS) is 11.7. The Kier molecular flexibility index (Phi) is 3.01. The lowest BCUT2D eigenvalue weighted by atomic mass is 10.3. The second-order valence-electron chi connectivity index (χ2n) is 4.16. The summed E-state index contributed by atoms with van der Waals surface area (Å²) in [7, 11) is 0. The SMILES string of the molecule is O/C=C(/O)c1cnc2cc(Oc3ccccc3)ccn12. The van der Waals surface area contributed by atoms with Gasteiger partial charge >= 0.3 is 0 Å². The van der Waals surface area contributed by atoms with Crippen molar-refractivity contribution in [2.75, 3.05) is 0 Å². The topological polar surface area (TPSA) is 67.0 Å². The summed E-state index contributed by atoms with van der Waals surface area (Å²) in [6.07, 6.45) is 3.83. The van der Waals surface area contributed by atoms with Crippen LogP contribution in [-0.4, -0.2) is 19.6 Å². The number of aliphatic hydroxyl groups is 2. The number of hydrogen-bond acceptors (Lipinski definition) is 4. The van der Waals surface area contributed by atoms with Gasteiger partial charge in [0.25, 0.3) is 0 Å². The Hall–Kier alpha value is -2.95. The van der Waals surface area contributed by atoms with Crippen LogP contribution in [0.1, 0.15) is 5.69 Å². The van der Waals surface area contributed by atoms with Crippen LogP contribution in [-0.2, 0) is 0 Å². The second-order valence-corrected chi connectivity index (χ2v) is 4.16. The molecule has 0 bridgehead atoms. The first kappa shape index (κ1) is 12.1. The summed E-state index contributed by atoms with van der Waals surface area (Å²) < 4.78 is 7.36. The summed E-state index contributed by atoms with van der Waals surface area (Å²) in [6.45, 7) is 0. The van der Waals surface area contributed by atoms with Gasteiger partial charge < -0.3 is 14.9 Å². The molecule has 0 fully saturated rings. The highest BCUT2D eigenvalue weighted by atomic mass is 16.5. The maximum absolute atomic E-state index is 9.54. The molecular weight excluding hydrogens is 256 g/mol. The largest absolute Gasteiger partial charge is 0.512 e. The van der Waals surface area contributed by atoms with E-state index in [0.29, 0.717) is 23.4 Å². The van der Waals surface area contributed by atoms with E-state index in [1.165, 1.54) is 6.20 Å². The molecule has 5 nitrogen and oxygen atoms in total. The van der Waals surface area contributed by atoms with Crippen molar-refractivity contribution in [1.82, 2.24) is 9.38 Å². The molecule has 0 unspecified atom stereocenters. The van der Waals surface area contributed by atoms with Crippen LogP contribution in [0.25, 0.3) is 11.4 Å². The third-order valence-electron chi connectivity index (χ3n) is 2.85. The van der Waals surface area contributed by atoms with E-state index in [1.54, 1.807) is 22.7 Å². The van der Waals surface area contributed by atoms with Crippen molar-refractivity contribution in [3.63, 3.8) is 0 Å². The molecule has 0 saturated carbocycles. The number of hydrogen-bond donors (Lipinski definition) is 2. The van der Waals surface area contributed by atoms with Gasteiger partial charge in [-0.15, -0.1) is 0 Å². The molecule has 3 rings (SSSR count). The van der Waals surface area contributed by atoms with Gasteiger partial charge in [0.05, 0.1) is 6.20 Å². The summed E-state index contributed by atoms with van der Waals surface area (Å²) in [5, 5.41) is 18.4. The average Bonchev–Trinajstić information content (AvgIpc) is 2.90. The van der Waals surface area contributed by atoms with Crippen LogP contribution in [0.2, 0.25) is 0 Å². The van der Waals surface area contributed by atoms with Crippen molar-refractivity contribution in [3.05, 3.63) is 66.8 Å². The molecule has 5 heteroatoms. The van der Waals surface area contributed by atoms with Crippen LogP contribution in [0.15, 0.2) is 61.1 Å². The molecule has 3 aromatic rings. The van der Waals surface area contributed by atoms with Gasteiger partial charge in [0, 0.05) is 12.3 Å². The van der Waals surface area contributed by atoms with E-state index in [-0.39, 0.29) is 5.76 Å². The van der Waals surface area contributed by atoms with Crippen molar-refractivity contribution < 1.29 is 14.9 Å². The molecule has 0 aliphatic rings. The number of aliphatic hydroxyl groups excluding tert-OH is 2. The number of rotatable bonds is 3. The Balaban J connectivity index is 1.96. The predicted molar refractivity (Wildman–Crippen MR) is 74.9 cm³/mol. The second kappa shape index (κ2) is 4.97. The van der Waals surface area contributed by atoms with Crippen LogP contribution < -0.4 is 4.74 Å². The molecule has 2 N–H and O–H groups in total. The minimum Gasteiger partial charge on any atom is -0.512 e. The predicted octanol–water partition coefficient (Wildman–Crippen LogP) is 3.54. The summed E-state index contributed by atoms with van der Waals surface area (Å²) in [5.74, 6) is 1.14. The van der Waals surface area contributed by atoms with Gasteiger partial charge in [-0.25, -0.2) is 4.98 Å². The lowest BCUT2D eigenvalue weighted by Gasteiger charge is -2.06. The van der Waals surface area contributed by atoms with Gasteiger partial charge in [-0.3, -0.25) is 4.40 Å². The van der Waals surface area contributed by atoms with Crippen LogP contribution in [0.4, 0.5) is 0 Å². The molecule has 0 aliphatic carbocycles. The maximum atomic E-state index is 9.54. The number of pyridine rings is 1. The molecule has 100 valence electrons. The summed E-state index contributed by atoms with van der Waals surface area (Å²) in [4.78, 5) is 4.16. The van der Waals surface area contributed by atoms with E-state index in [2.05, 4.69) is 4.98 Å². The van der Waals surface area contributed by atoms with E-state index in [0.717, 1.165) is 5.75 Å². The molecule has 2 heterocycles. The van der Waals surface area contributed by atoms with Gasteiger partial charge in [-0.2, -0.15) is 0 Å². The van der Waals surface area contributed by atoms with E-state index in [9.17, 15) is 5.11 Å². The van der Waals surface area contributed by atoms with Gasteiger partial charge in [0.15, 0.2) is 5.76 Å². The average molecular weight is 268 g/mol. The molecule has 0 spiro atoms. The van der Waals surface area contributed by atoms with E-state index in [1.807, 2.05) is 30.3 Å². The van der Waals surface area contributed by atoms with E-state index >= 15 is 0 Å². The van der Waals surface area contributed by atoms with Gasteiger partial charge in [0.1, 0.15) is 29.1 Å². The monoisotopic (exact) mass is 268 g/mol. The van der Waals surface area contributed by atoms with Crippen molar-refractivity contribution in [3.8, 4) is 11.5 Å². The number of para-hydroxylation sites is 1. The maximum Gasteiger partial charge on any atom is 0.176 e. The molecule has 20 heavy (non-hydrogen) atoms. The standard InChI is InChI=1S/C15H12N2O3/c18-10-14(19)13-9-16-15-8-12(6-7-17(13)15)20-11-4-2-1-3-5-11/h1-10,18-19H/b14-10+. The number of fused-ring (bicyclic) bond motifs is 1. The molecule has 2 aromatic heterocycles. The molecule has 0 radical (unpaired) electrons. The third kappa shape index (κ3) is 2.16. The molecule has 0 aliphatic heterocycles. The van der Waals surface area contributed by atoms with Crippen LogP contribution in [0, 0.1) is 0 Å². The highest BCUT2D eigenvalue weighted by molar-refractivity contribution is 5.59. The zero-order valence-corrected chi connectivity index (χ0v) is 10.5. The van der Waals surface area contributed by atoms with Crippen molar-refractivity contribution >= 4 is 11.4 Å². The third-order valence-corrected chi connectivity index (χ3v) is 2.85.